The van der Waals surface area contributed by atoms with E-state index < -0.39 is 18.6 Å². The van der Waals surface area contributed by atoms with Crippen LogP contribution in [0, 0.1) is 0 Å². The minimum Gasteiger partial charge on any atom is -0.214 e. The van der Waals surface area contributed by atoms with Gasteiger partial charge in [0.25, 0.3) is 0 Å². The van der Waals surface area contributed by atoms with Crippen LogP contribution in [0.15, 0.2) is 130 Å². The summed E-state index contributed by atoms with van der Waals surface area (Å²) in [6.07, 6.45) is 0. The predicted octanol–water partition coefficient (Wildman–Crippen LogP) is 13.4. The Bertz CT molecular complexity index is 1700. The number of fused-ring (bicyclic) bond motifs is 3. The summed E-state index contributed by atoms with van der Waals surface area (Å²) in [5.41, 5.74) is 5.45. The molecule has 0 nitrogen and oxygen atoms in total. The Balaban J connectivity index is 0.000000175. The van der Waals surface area contributed by atoms with E-state index in [1.54, 1.807) is 0 Å². The van der Waals surface area contributed by atoms with Crippen molar-refractivity contribution in [1.82, 2.24) is 0 Å². The molecule has 0 saturated heterocycles. The van der Waals surface area contributed by atoms with E-state index in [0.29, 0.717) is 0 Å². The smallest absolute Gasteiger partial charge is 0.172 e. The van der Waals surface area contributed by atoms with Gasteiger partial charge in [0.1, 0.15) is 0 Å². The van der Waals surface area contributed by atoms with E-state index in [1.807, 2.05) is 54.6 Å². The van der Waals surface area contributed by atoms with Crippen LogP contribution in [0.1, 0.15) is 63.8 Å². The zero-order valence-electron chi connectivity index (χ0n) is 26.1. The molecular formula is C39H38Br2Cl2Hf-2. The van der Waals surface area contributed by atoms with Gasteiger partial charge in [-0.1, -0.05) is 76.9 Å². The van der Waals surface area contributed by atoms with Gasteiger partial charge in [-0.25, -0.2) is 12.1 Å². The molecule has 5 heteroatoms. The second-order valence-electron chi connectivity index (χ2n) is 12.9. The summed E-state index contributed by atoms with van der Waals surface area (Å²) in [4.78, 5) is 0. The van der Waals surface area contributed by atoms with Gasteiger partial charge in [-0.05, 0) is 10.8 Å². The number of halogens is 4. The molecule has 6 rings (SSSR count). The van der Waals surface area contributed by atoms with Crippen molar-refractivity contribution in [2.45, 2.75) is 52.4 Å². The Hall–Kier alpha value is -1.62. The van der Waals surface area contributed by atoms with Crippen LogP contribution in [-0.2, 0) is 29.4 Å². The van der Waals surface area contributed by atoms with E-state index in [4.69, 9.17) is 17.2 Å². The molecule has 0 aliphatic rings. The Morgan fingerprint density at radius 3 is 1.27 bits per heavy atom. The molecule has 228 valence electrons. The van der Waals surface area contributed by atoms with Gasteiger partial charge in [-0.3, -0.25) is 0 Å². The summed E-state index contributed by atoms with van der Waals surface area (Å²) in [6, 6.07) is 42.4. The van der Waals surface area contributed by atoms with Gasteiger partial charge in [0.05, 0.1) is 0 Å². The number of hydrogen-bond acceptors (Lipinski definition) is 0. The molecule has 0 N–H and O–H groups in total. The maximum atomic E-state index is 6.31. The second kappa shape index (κ2) is 15.3. The van der Waals surface area contributed by atoms with Gasteiger partial charge in [0.2, 0.25) is 0 Å². The average Bonchev–Trinajstić information content (AvgIpc) is 3.66. The second-order valence-corrected chi connectivity index (χ2v) is 26.1. The van der Waals surface area contributed by atoms with Gasteiger partial charge in [-0.2, -0.15) is 18.2 Å². The molecule has 0 spiro atoms. The average molecular weight is 916 g/mol. The van der Waals surface area contributed by atoms with Crippen molar-refractivity contribution in [3.63, 3.8) is 0 Å². The van der Waals surface area contributed by atoms with Crippen LogP contribution in [0.3, 0.4) is 0 Å². The SMILES string of the molecule is CC(C)(C)c1ccc2c(c1)[cH-]c1cc(C(C)(C)C)ccc12.[Cl][Hf]([Cl])=[C](c1ccc(Br)cc1)c1ccc(Br)cc1.c1cc[cH-]c1. The summed E-state index contributed by atoms with van der Waals surface area (Å²) in [5.74, 6) is 0. The first kappa shape index (κ1) is 35.2. The van der Waals surface area contributed by atoms with Gasteiger partial charge >= 0.3 is 139 Å². The number of rotatable bonds is 2. The Morgan fingerprint density at radius 1 is 0.591 bits per heavy atom. The third kappa shape index (κ3) is 9.46. The first-order chi connectivity index (χ1) is 20.7. The van der Waals surface area contributed by atoms with Crippen molar-refractivity contribution < 1.29 is 18.6 Å². The van der Waals surface area contributed by atoms with Gasteiger partial charge in [-0.15, -0.1) is 39.7 Å². The summed E-state index contributed by atoms with van der Waals surface area (Å²) in [5, 5.41) is 5.48. The number of hydrogen-bond donors (Lipinski definition) is 0. The molecule has 0 atom stereocenters. The summed E-state index contributed by atoms with van der Waals surface area (Å²) in [6.45, 7) is 13.6. The van der Waals surface area contributed by atoms with Crippen molar-refractivity contribution in [3.05, 3.63) is 153 Å². The fourth-order valence-corrected chi connectivity index (χ4v) is 11.8. The molecule has 0 aromatic heterocycles. The topological polar surface area (TPSA) is 0 Å². The predicted molar refractivity (Wildman–Crippen MR) is 200 cm³/mol. The molecule has 44 heavy (non-hydrogen) atoms. The van der Waals surface area contributed by atoms with Crippen molar-refractivity contribution in [3.8, 4) is 0 Å². The first-order valence-corrected chi connectivity index (χ1v) is 26.9. The molecule has 6 aromatic carbocycles. The van der Waals surface area contributed by atoms with Crippen molar-refractivity contribution in [1.29, 1.82) is 0 Å². The van der Waals surface area contributed by atoms with Crippen LogP contribution in [0.25, 0.3) is 21.5 Å². The van der Waals surface area contributed by atoms with E-state index >= 15 is 0 Å². The molecule has 0 radical (unpaired) electrons. The van der Waals surface area contributed by atoms with Crippen molar-refractivity contribution in [2.75, 3.05) is 0 Å². The molecule has 0 aliphatic carbocycles. The zero-order chi connectivity index (χ0) is 32.1. The fraction of sp³-hybridized carbons (Fsp3) is 0.205. The molecule has 0 fully saturated rings. The molecule has 0 aliphatic heterocycles. The van der Waals surface area contributed by atoms with Crippen molar-refractivity contribution in [2.24, 2.45) is 0 Å². The largest absolute Gasteiger partial charge is 0.214 e. The normalized spacial score (nSPS) is 11.4. The fourth-order valence-electron chi connectivity index (χ4n) is 4.89. The van der Waals surface area contributed by atoms with E-state index in [1.165, 1.54) is 32.7 Å². The Labute approximate surface area is 294 Å². The minimum atomic E-state index is -2.67. The zero-order valence-corrected chi connectivity index (χ0v) is 34.3. The molecule has 0 amide bonds. The van der Waals surface area contributed by atoms with Crippen LogP contribution < -0.4 is 0 Å². The van der Waals surface area contributed by atoms with E-state index in [2.05, 4.69) is 140 Å². The maximum Gasteiger partial charge on any atom is -0.172 e. The van der Waals surface area contributed by atoms with Gasteiger partial charge in [0.15, 0.2) is 0 Å². The first-order valence-electron chi connectivity index (χ1n) is 14.6. The third-order valence-corrected chi connectivity index (χ3v) is 15.0. The van der Waals surface area contributed by atoms with Gasteiger partial charge < -0.3 is 0 Å². The molecule has 0 unspecified atom stereocenters. The quantitative estimate of drug-likeness (QED) is 0.120. The standard InChI is InChI=1S/C21H25.C13H8Br2.C5H5.2ClH.Hf/c1-20(2,3)16-7-9-18-14(12-16)11-15-13-17(21(4,5)6)8-10-19(15)18;14-12-5-1-10(2-6-12)9-11-3-7-13(15)8-4-11;1-2-4-5-3-1;;;/h7-13H,1-6H3;1-8H;1-5H;2*1H;/q-1;;-1;;;+2/p-2. The number of benzene rings is 4. The van der Waals surface area contributed by atoms with Crippen LogP contribution in [0.5, 0.6) is 0 Å². The molecular weight excluding hydrogens is 878 g/mol. The van der Waals surface area contributed by atoms with E-state index in [-0.39, 0.29) is 10.8 Å². The Kier molecular flexibility index (Phi) is 12.3. The molecule has 0 saturated carbocycles. The van der Waals surface area contributed by atoms with Crippen LogP contribution in [0.2, 0.25) is 0 Å². The minimum absolute atomic E-state index is 0.203. The van der Waals surface area contributed by atoms with Crippen LogP contribution >= 0.6 is 49.0 Å². The summed E-state index contributed by atoms with van der Waals surface area (Å²) >= 11 is 4.19. The third-order valence-electron chi connectivity index (χ3n) is 7.45. The van der Waals surface area contributed by atoms with Crippen molar-refractivity contribution >= 4 is 73.8 Å². The van der Waals surface area contributed by atoms with Crippen LogP contribution in [0.4, 0.5) is 0 Å². The molecule has 0 bridgehead atoms. The van der Waals surface area contributed by atoms with E-state index in [0.717, 1.165) is 23.3 Å². The maximum absolute atomic E-state index is 6.31. The summed E-state index contributed by atoms with van der Waals surface area (Å²) in [7, 11) is 12.6. The monoisotopic (exact) mass is 914 g/mol. The van der Waals surface area contributed by atoms with E-state index in [9.17, 15) is 0 Å². The Morgan fingerprint density at radius 2 is 0.977 bits per heavy atom. The molecule has 0 heterocycles. The van der Waals surface area contributed by atoms with Gasteiger partial charge in [0, 0.05) is 0 Å². The van der Waals surface area contributed by atoms with Crippen LogP contribution in [-0.4, -0.2) is 3.26 Å². The molecule has 6 aromatic rings. The summed E-state index contributed by atoms with van der Waals surface area (Å²) < 4.78 is 3.23.